The number of carbonyl (C=O) groups is 1. The first-order valence-electron chi connectivity index (χ1n) is 5.77. The van der Waals surface area contributed by atoms with Gasteiger partial charge in [0.05, 0.1) is 11.3 Å². The molecule has 92 valence electrons. The summed E-state index contributed by atoms with van der Waals surface area (Å²) >= 11 is 0. The monoisotopic (exact) mass is 241 g/mol. The van der Waals surface area contributed by atoms with Crippen molar-refractivity contribution in [3.8, 4) is 11.3 Å². The maximum Gasteiger partial charge on any atom is 0.261 e. The van der Waals surface area contributed by atoms with Crippen LogP contribution in [-0.2, 0) is 7.05 Å². The van der Waals surface area contributed by atoms with E-state index < -0.39 is 0 Å². The Balaban J connectivity index is 2.69. The average molecular weight is 241 g/mol. The van der Waals surface area contributed by atoms with Crippen molar-refractivity contribution < 1.29 is 4.79 Å². The van der Waals surface area contributed by atoms with Gasteiger partial charge in [0.25, 0.3) is 5.56 Å². The number of carbonyl (C=O) groups excluding carboxylic acids is 1. The zero-order chi connectivity index (χ0) is 13.3. The van der Waals surface area contributed by atoms with Crippen LogP contribution in [0.15, 0.2) is 35.1 Å². The number of rotatable bonds is 2. The molecule has 3 heteroatoms. The summed E-state index contributed by atoms with van der Waals surface area (Å²) in [5, 5.41) is 0. The lowest BCUT2D eigenvalue weighted by molar-refractivity contribution is 0.112. The predicted molar refractivity (Wildman–Crippen MR) is 72.0 cm³/mol. The van der Waals surface area contributed by atoms with E-state index in [1.807, 2.05) is 32.0 Å². The van der Waals surface area contributed by atoms with Crippen molar-refractivity contribution in [1.29, 1.82) is 0 Å². The quantitative estimate of drug-likeness (QED) is 0.758. The van der Waals surface area contributed by atoms with Gasteiger partial charge in [0.1, 0.15) is 0 Å². The highest BCUT2D eigenvalue weighted by atomic mass is 16.1. The minimum absolute atomic E-state index is 0.186. The topological polar surface area (TPSA) is 39.1 Å². The normalized spacial score (nSPS) is 10.4. The number of aromatic nitrogens is 1. The molecule has 0 N–H and O–H groups in total. The van der Waals surface area contributed by atoms with Gasteiger partial charge in [-0.15, -0.1) is 0 Å². The van der Waals surface area contributed by atoms with E-state index >= 15 is 0 Å². The van der Waals surface area contributed by atoms with Gasteiger partial charge in [0.15, 0.2) is 6.29 Å². The van der Waals surface area contributed by atoms with Gasteiger partial charge >= 0.3 is 0 Å². The molecule has 0 radical (unpaired) electrons. The zero-order valence-electron chi connectivity index (χ0n) is 10.7. The Morgan fingerprint density at radius 2 is 1.83 bits per heavy atom. The van der Waals surface area contributed by atoms with Crippen molar-refractivity contribution in [3.63, 3.8) is 0 Å². The van der Waals surface area contributed by atoms with Crippen LogP contribution in [0.2, 0.25) is 0 Å². The van der Waals surface area contributed by atoms with Crippen LogP contribution in [0.4, 0.5) is 0 Å². The van der Waals surface area contributed by atoms with Crippen molar-refractivity contribution in [2.45, 2.75) is 13.8 Å². The molecule has 0 unspecified atom stereocenters. The van der Waals surface area contributed by atoms with Gasteiger partial charge in [-0.1, -0.05) is 23.8 Å². The molecule has 0 amide bonds. The predicted octanol–water partition coefficient (Wildman–Crippen LogP) is 2.48. The third kappa shape index (κ3) is 1.99. The average Bonchev–Trinajstić information content (AvgIpc) is 2.34. The van der Waals surface area contributed by atoms with E-state index in [-0.39, 0.29) is 11.1 Å². The smallest absolute Gasteiger partial charge is 0.261 e. The second-order valence-corrected chi connectivity index (χ2v) is 4.47. The Morgan fingerprint density at radius 1 is 1.11 bits per heavy atom. The molecule has 0 bridgehead atoms. The molecular weight excluding hydrogens is 226 g/mol. The largest absolute Gasteiger partial charge is 0.311 e. The van der Waals surface area contributed by atoms with Gasteiger partial charge in [-0.3, -0.25) is 9.59 Å². The molecule has 0 saturated carbocycles. The van der Waals surface area contributed by atoms with Gasteiger partial charge in [-0.2, -0.15) is 0 Å². The Kier molecular flexibility index (Phi) is 3.15. The molecule has 0 saturated heterocycles. The Morgan fingerprint density at radius 3 is 2.44 bits per heavy atom. The molecule has 0 aliphatic heterocycles. The van der Waals surface area contributed by atoms with Gasteiger partial charge < -0.3 is 4.57 Å². The Bertz CT molecular complexity index is 669. The Labute approximate surface area is 106 Å². The first-order chi connectivity index (χ1) is 8.54. The zero-order valence-corrected chi connectivity index (χ0v) is 10.7. The van der Waals surface area contributed by atoms with Gasteiger partial charge in [-0.05, 0) is 31.5 Å². The maximum absolute atomic E-state index is 11.9. The second-order valence-electron chi connectivity index (χ2n) is 4.47. The summed E-state index contributed by atoms with van der Waals surface area (Å²) in [6.07, 6.45) is 0.591. The summed E-state index contributed by atoms with van der Waals surface area (Å²) in [6.45, 7) is 4.05. The molecular formula is C15H15NO2. The summed E-state index contributed by atoms with van der Waals surface area (Å²) in [5.41, 5.74) is 4.06. The lowest BCUT2D eigenvalue weighted by Crippen LogP contribution is -2.22. The lowest BCUT2D eigenvalue weighted by atomic mass is 10.0. The van der Waals surface area contributed by atoms with Crippen LogP contribution in [0.25, 0.3) is 11.3 Å². The van der Waals surface area contributed by atoms with E-state index in [4.69, 9.17) is 0 Å². The molecule has 2 rings (SSSR count). The highest BCUT2D eigenvalue weighted by molar-refractivity contribution is 5.75. The molecule has 1 aromatic heterocycles. The number of aryl methyl sites for hydroxylation is 2. The maximum atomic E-state index is 11.9. The highest BCUT2D eigenvalue weighted by Crippen LogP contribution is 2.22. The number of hydrogen-bond acceptors (Lipinski definition) is 2. The minimum Gasteiger partial charge on any atom is -0.311 e. The van der Waals surface area contributed by atoms with E-state index in [0.29, 0.717) is 6.29 Å². The molecule has 18 heavy (non-hydrogen) atoms. The molecule has 1 heterocycles. The van der Waals surface area contributed by atoms with E-state index in [1.165, 1.54) is 10.1 Å². The molecule has 0 atom stereocenters. The third-order valence-electron chi connectivity index (χ3n) is 3.12. The Hall–Kier alpha value is -2.16. The molecule has 0 spiro atoms. The molecule has 3 nitrogen and oxygen atoms in total. The number of aldehydes is 1. The summed E-state index contributed by atoms with van der Waals surface area (Å²) < 4.78 is 1.52. The molecule has 2 aromatic rings. The van der Waals surface area contributed by atoms with Crippen LogP contribution >= 0.6 is 0 Å². The van der Waals surface area contributed by atoms with E-state index in [9.17, 15) is 9.59 Å². The highest BCUT2D eigenvalue weighted by Gasteiger charge is 2.08. The van der Waals surface area contributed by atoms with Gasteiger partial charge in [0, 0.05) is 12.6 Å². The fourth-order valence-electron chi connectivity index (χ4n) is 2.12. The molecule has 0 aliphatic carbocycles. The van der Waals surface area contributed by atoms with E-state index in [1.54, 1.807) is 13.1 Å². The van der Waals surface area contributed by atoms with Crippen molar-refractivity contribution >= 4 is 6.29 Å². The van der Waals surface area contributed by atoms with Crippen LogP contribution in [-0.4, -0.2) is 10.9 Å². The van der Waals surface area contributed by atoms with Crippen molar-refractivity contribution in [3.05, 3.63) is 57.4 Å². The number of benzene rings is 1. The summed E-state index contributed by atoms with van der Waals surface area (Å²) in [7, 11) is 1.68. The third-order valence-corrected chi connectivity index (χ3v) is 3.12. The number of hydrogen-bond donors (Lipinski definition) is 0. The van der Waals surface area contributed by atoms with Crippen molar-refractivity contribution in [2.75, 3.05) is 0 Å². The molecule has 0 fully saturated rings. The molecule has 1 aromatic carbocycles. The fraction of sp³-hybridized carbons (Fsp3) is 0.200. The molecule has 0 aliphatic rings. The summed E-state index contributed by atoms with van der Waals surface area (Å²) in [6, 6.07) is 9.47. The van der Waals surface area contributed by atoms with Crippen molar-refractivity contribution in [1.82, 2.24) is 4.57 Å². The van der Waals surface area contributed by atoms with Crippen LogP contribution < -0.4 is 5.56 Å². The van der Waals surface area contributed by atoms with E-state index in [2.05, 4.69) is 6.07 Å². The van der Waals surface area contributed by atoms with Crippen LogP contribution in [0.1, 0.15) is 21.5 Å². The number of pyridine rings is 1. The lowest BCUT2D eigenvalue weighted by Gasteiger charge is -2.12. The van der Waals surface area contributed by atoms with Gasteiger partial charge in [-0.25, -0.2) is 0 Å². The summed E-state index contributed by atoms with van der Waals surface area (Å²) in [5.74, 6) is 0. The first kappa shape index (κ1) is 12.3. The van der Waals surface area contributed by atoms with Crippen LogP contribution in [0.3, 0.4) is 0 Å². The minimum atomic E-state index is -0.262. The number of nitrogens with zero attached hydrogens (tertiary/aromatic N) is 1. The first-order valence-corrected chi connectivity index (χ1v) is 5.77. The second kappa shape index (κ2) is 4.61. The van der Waals surface area contributed by atoms with Gasteiger partial charge in [0.2, 0.25) is 0 Å². The van der Waals surface area contributed by atoms with Crippen LogP contribution in [0.5, 0.6) is 0 Å². The summed E-state index contributed by atoms with van der Waals surface area (Å²) in [4.78, 5) is 22.6. The standard InChI is InChI=1S/C15H15NO2/c1-10-4-6-13(11(2)8-10)14-7-5-12(9-17)15(18)16(14)3/h4-9H,1-3H3. The van der Waals surface area contributed by atoms with E-state index in [0.717, 1.165) is 16.8 Å². The fourth-order valence-corrected chi connectivity index (χ4v) is 2.12. The SMILES string of the molecule is Cc1ccc(-c2ccc(C=O)c(=O)n2C)c(C)c1. The van der Waals surface area contributed by atoms with Crippen LogP contribution in [0, 0.1) is 13.8 Å². The van der Waals surface area contributed by atoms with Crippen molar-refractivity contribution in [2.24, 2.45) is 7.05 Å².